The van der Waals surface area contributed by atoms with Crippen LogP contribution in [-0.2, 0) is 19.7 Å². The van der Waals surface area contributed by atoms with Gasteiger partial charge in [-0.2, -0.15) is 26.3 Å². The Bertz CT molecular complexity index is 448. The molecular weight excluding hydrogens is 302 g/mol. The lowest BCUT2D eigenvalue weighted by molar-refractivity contribution is -0.0486. The van der Waals surface area contributed by atoms with Crippen molar-refractivity contribution in [3.8, 4) is 0 Å². The minimum absolute atomic E-state index is 0.168. The van der Waals surface area contributed by atoms with Crippen molar-refractivity contribution < 1.29 is 43.2 Å². The molecule has 0 atom stereocenters. The Hall–Kier alpha value is -0.520. The Morgan fingerprint density at radius 2 is 0.824 bits per heavy atom. The highest BCUT2D eigenvalue weighted by atomic mass is 32.3. The number of sulfone groups is 2. The van der Waals surface area contributed by atoms with Crippen LogP contribution in [0.1, 0.15) is 13.8 Å². The molecule has 0 saturated carbocycles. The van der Waals surface area contributed by atoms with Crippen molar-refractivity contribution in [2.75, 3.05) is 0 Å². The van der Waals surface area contributed by atoms with Crippen molar-refractivity contribution in [2.24, 2.45) is 0 Å². The van der Waals surface area contributed by atoms with Crippen molar-refractivity contribution in [1.82, 2.24) is 0 Å². The summed E-state index contributed by atoms with van der Waals surface area (Å²) >= 11 is 0. The molecule has 0 spiro atoms. The van der Waals surface area contributed by atoms with Gasteiger partial charge >= 0.3 is 11.0 Å². The van der Waals surface area contributed by atoms with Crippen LogP contribution in [0, 0.1) is 0 Å². The van der Waals surface area contributed by atoms with Crippen molar-refractivity contribution in [1.29, 1.82) is 0 Å². The summed E-state index contributed by atoms with van der Waals surface area (Å²) in [6.45, 7) is -0.336. The van der Waals surface area contributed by atoms with Gasteiger partial charge in [0.25, 0.3) is 19.7 Å². The van der Waals surface area contributed by atoms with Gasteiger partial charge < -0.3 is 0 Å². The molecule has 12 heteroatoms. The van der Waals surface area contributed by atoms with E-state index in [9.17, 15) is 43.2 Å². The zero-order valence-corrected chi connectivity index (χ0v) is 9.85. The summed E-state index contributed by atoms with van der Waals surface area (Å²) in [6.07, 6.45) is 0. The van der Waals surface area contributed by atoms with Crippen LogP contribution in [0.5, 0.6) is 0 Å². The molecule has 0 N–H and O–H groups in total. The van der Waals surface area contributed by atoms with Crippen LogP contribution in [0.25, 0.3) is 0 Å². The van der Waals surface area contributed by atoms with Gasteiger partial charge in [-0.1, -0.05) is 0 Å². The predicted molar refractivity (Wildman–Crippen MR) is 44.0 cm³/mol. The SMILES string of the molecule is CC(C)(S(=O)(=O)C(F)(F)F)S(=O)(=O)C(F)(F)F. The third-order valence-electron chi connectivity index (χ3n) is 1.90. The van der Waals surface area contributed by atoms with E-state index in [1.807, 2.05) is 0 Å². The second-order valence-corrected chi connectivity index (χ2v) is 8.54. The van der Waals surface area contributed by atoms with Gasteiger partial charge in [0.2, 0.25) is 0 Å². The molecule has 0 rings (SSSR count). The standard InChI is InChI=1S/C5H6F6O4S2/c1-3(2,16(12,13)4(6,7)8)17(14,15)5(9,10)11/h1-2H3. The Balaban J connectivity index is 6.14. The summed E-state index contributed by atoms with van der Waals surface area (Å²) < 4.78 is 111. The Morgan fingerprint density at radius 1 is 0.647 bits per heavy atom. The van der Waals surface area contributed by atoms with Crippen LogP contribution in [0.2, 0.25) is 0 Å². The molecule has 104 valence electrons. The summed E-state index contributed by atoms with van der Waals surface area (Å²) in [6, 6.07) is 0. The molecule has 0 unspecified atom stereocenters. The lowest BCUT2D eigenvalue weighted by Gasteiger charge is -2.26. The first-order valence-electron chi connectivity index (χ1n) is 3.62. The van der Waals surface area contributed by atoms with Gasteiger partial charge in [0.1, 0.15) is 0 Å². The average molecular weight is 308 g/mol. The molecule has 0 heterocycles. The molecule has 0 aromatic heterocycles. The molecule has 0 amide bonds. The topological polar surface area (TPSA) is 68.3 Å². The first kappa shape index (κ1) is 16.5. The number of alkyl halides is 6. The Morgan fingerprint density at radius 3 is 0.941 bits per heavy atom. The van der Waals surface area contributed by atoms with E-state index in [-0.39, 0.29) is 13.8 Å². The van der Waals surface area contributed by atoms with Gasteiger partial charge in [-0.05, 0) is 13.8 Å². The number of rotatable bonds is 2. The van der Waals surface area contributed by atoms with E-state index in [2.05, 4.69) is 0 Å². The van der Waals surface area contributed by atoms with Crippen LogP contribution in [0.15, 0.2) is 0 Å². The molecule has 0 radical (unpaired) electrons. The lowest BCUT2D eigenvalue weighted by Crippen LogP contribution is -2.52. The Labute approximate surface area is 92.4 Å². The van der Waals surface area contributed by atoms with Gasteiger partial charge in [0.05, 0.1) is 0 Å². The molecule has 17 heavy (non-hydrogen) atoms. The van der Waals surface area contributed by atoms with Gasteiger partial charge in [-0.15, -0.1) is 0 Å². The van der Waals surface area contributed by atoms with Crippen molar-refractivity contribution >= 4 is 19.7 Å². The predicted octanol–water partition coefficient (Wildman–Crippen LogP) is 1.59. The highest BCUT2D eigenvalue weighted by Crippen LogP contribution is 2.42. The summed E-state index contributed by atoms with van der Waals surface area (Å²) in [5.41, 5.74) is -12.2. The van der Waals surface area contributed by atoms with Crippen molar-refractivity contribution in [2.45, 2.75) is 28.9 Å². The number of hydrogen-bond donors (Lipinski definition) is 0. The highest BCUT2D eigenvalue weighted by molar-refractivity contribution is 8.11. The van der Waals surface area contributed by atoms with Crippen LogP contribution in [0.3, 0.4) is 0 Å². The van der Waals surface area contributed by atoms with Gasteiger partial charge in [0.15, 0.2) is 4.08 Å². The summed E-state index contributed by atoms with van der Waals surface area (Å²) in [5.74, 6) is 0. The van der Waals surface area contributed by atoms with Crippen LogP contribution in [0.4, 0.5) is 26.3 Å². The van der Waals surface area contributed by atoms with E-state index in [0.717, 1.165) is 0 Å². The van der Waals surface area contributed by atoms with Crippen LogP contribution < -0.4 is 0 Å². The molecule has 4 nitrogen and oxygen atoms in total. The quantitative estimate of drug-likeness (QED) is 0.727. The molecule has 0 bridgehead atoms. The van der Waals surface area contributed by atoms with E-state index in [1.165, 1.54) is 0 Å². The first-order valence-corrected chi connectivity index (χ1v) is 6.58. The maximum Gasteiger partial charge on any atom is 0.498 e. The second kappa shape index (κ2) is 3.73. The zero-order valence-electron chi connectivity index (χ0n) is 8.22. The maximum absolute atomic E-state index is 12.0. The van der Waals surface area contributed by atoms with Crippen LogP contribution >= 0.6 is 0 Å². The monoisotopic (exact) mass is 308 g/mol. The number of halogens is 6. The molecule has 0 aromatic carbocycles. The molecule has 0 aliphatic heterocycles. The molecule has 0 aliphatic carbocycles. The lowest BCUT2D eigenvalue weighted by atomic mass is 10.5. The Kier molecular flexibility index (Phi) is 3.62. The molecule has 0 fully saturated rings. The fourth-order valence-corrected chi connectivity index (χ4v) is 3.54. The van der Waals surface area contributed by atoms with Gasteiger partial charge in [0, 0.05) is 0 Å². The third-order valence-corrected chi connectivity index (χ3v) is 7.03. The van der Waals surface area contributed by atoms with Gasteiger partial charge in [-0.25, -0.2) is 16.8 Å². The zero-order chi connectivity index (χ0) is 14.5. The average Bonchev–Trinajstić information content (AvgIpc) is 1.98. The minimum Gasteiger partial charge on any atom is -0.218 e. The van der Waals surface area contributed by atoms with E-state index in [0.29, 0.717) is 0 Å². The normalized spacial score (nSPS) is 16.0. The van der Waals surface area contributed by atoms with E-state index in [1.54, 1.807) is 0 Å². The number of hydrogen-bond acceptors (Lipinski definition) is 4. The molecular formula is C5H6F6O4S2. The van der Waals surface area contributed by atoms with E-state index < -0.39 is 34.8 Å². The van der Waals surface area contributed by atoms with Crippen LogP contribution in [-0.4, -0.2) is 31.9 Å². The van der Waals surface area contributed by atoms with E-state index in [4.69, 9.17) is 0 Å². The molecule has 0 aromatic rings. The minimum atomic E-state index is -6.52. The summed E-state index contributed by atoms with van der Waals surface area (Å²) in [7, 11) is -13.0. The smallest absolute Gasteiger partial charge is 0.218 e. The first-order chi connectivity index (χ1) is 7.00. The van der Waals surface area contributed by atoms with Gasteiger partial charge in [-0.3, -0.25) is 0 Å². The van der Waals surface area contributed by atoms with Crippen molar-refractivity contribution in [3.05, 3.63) is 0 Å². The third kappa shape index (κ3) is 2.23. The van der Waals surface area contributed by atoms with Crippen molar-refractivity contribution in [3.63, 3.8) is 0 Å². The largest absolute Gasteiger partial charge is 0.498 e. The second-order valence-electron chi connectivity index (χ2n) is 3.30. The summed E-state index contributed by atoms with van der Waals surface area (Å²) in [5, 5.41) is 0. The molecule has 0 aliphatic rings. The fourth-order valence-electron chi connectivity index (χ4n) is 0.702. The fraction of sp³-hybridized carbons (Fsp3) is 1.00. The maximum atomic E-state index is 12.0. The summed E-state index contributed by atoms with van der Waals surface area (Å²) in [4.78, 5) is 0. The highest BCUT2D eigenvalue weighted by Gasteiger charge is 2.68. The molecule has 0 saturated heterocycles. The van der Waals surface area contributed by atoms with E-state index >= 15 is 0 Å².